The quantitative estimate of drug-likeness (QED) is 0.899. The Morgan fingerprint density at radius 1 is 1.24 bits per heavy atom. The highest BCUT2D eigenvalue weighted by Gasteiger charge is 2.38. The number of aliphatic hydroxyl groups is 1. The summed E-state index contributed by atoms with van der Waals surface area (Å²) < 4.78 is 0. The van der Waals surface area contributed by atoms with Crippen molar-refractivity contribution in [3.05, 3.63) is 70.2 Å². The second kappa shape index (κ2) is 5.80. The number of nitrogens with one attached hydrogen (secondary N) is 1. The minimum absolute atomic E-state index is 0.164. The number of halogens is 1. The van der Waals surface area contributed by atoms with Gasteiger partial charge < -0.3 is 10.4 Å². The van der Waals surface area contributed by atoms with Gasteiger partial charge in [0, 0.05) is 11.1 Å². The van der Waals surface area contributed by atoms with Crippen LogP contribution in [0.1, 0.15) is 36.1 Å². The molecule has 0 spiro atoms. The van der Waals surface area contributed by atoms with E-state index < -0.39 is 5.60 Å². The Bertz CT molecular complexity index is 624. The van der Waals surface area contributed by atoms with Crippen LogP contribution < -0.4 is 5.32 Å². The van der Waals surface area contributed by atoms with Crippen LogP contribution in [0.2, 0.25) is 5.02 Å². The fraction of sp³-hybridized carbons (Fsp3) is 0.333. The molecule has 0 aliphatic heterocycles. The molecule has 1 aliphatic carbocycles. The van der Waals surface area contributed by atoms with Crippen LogP contribution in [0, 0.1) is 0 Å². The Kier molecular flexibility index (Phi) is 4.03. The number of hydrogen-bond acceptors (Lipinski definition) is 2. The lowest BCUT2D eigenvalue weighted by Gasteiger charge is -2.18. The maximum absolute atomic E-state index is 10.5. The minimum Gasteiger partial charge on any atom is -0.385 e. The first-order valence-corrected chi connectivity index (χ1v) is 7.74. The molecule has 0 amide bonds. The summed E-state index contributed by atoms with van der Waals surface area (Å²) in [5, 5.41) is 14.8. The van der Waals surface area contributed by atoms with Crippen molar-refractivity contribution in [3.8, 4) is 0 Å². The van der Waals surface area contributed by atoms with Gasteiger partial charge in [0.2, 0.25) is 0 Å². The molecule has 0 saturated heterocycles. The summed E-state index contributed by atoms with van der Waals surface area (Å²) in [6.07, 6.45) is 1.67. The fourth-order valence-electron chi connectivity index (χ4n) is 3.15. The predicted octanol–water partition coefficient (Wildman–Crippen LogP) is 3.82. The summed E-state index contributed by atoms with van der Waals surface area (Å²) in [5.41, 5.74) is 2.66. The Labute approximate surface area is 130 Å². The van der Waals surface area contributed by atoms with Crippen LogP contribution >= 0.6 is 11.6 Å². The van der Waals surface area contributed by atoms with Crippen LogP contribution in [0.4, 0.5) is 0 Å². The van der Waals surface area contributed by atoms with Crippen molar-refractivity contribution in [2.24, 2.45) is 0 Å². The van der Waals surface area contributed by atoms with Gasteiger partial charge in [0.15, 0.2) is 0 Å². The van der Waals surface area contributed by atoms with Crippen LogP contribution in [-0.4, -0.2) is 11.7 Å². The van der Waals surface area contributed by atoms with Crippen molar-refractivity contribution in [2.45, 2.75) is 31.4 Å². The molecule has 2 atom stereocenters. The molecular weight excluding hydrogens is 282 g/mol. The molecule has 0 saturated carbocycles. The lowest BCUT2D eigenvalue weighted by atomic mass is 9.99. The summed E-state index contributed by atoms with van der Waals surface area (Å²) in [6, 6.07) is 16.3. The average Bonchev–Trinajstić information content (AvgIpc) is 2.71. The van der Waals surface area contributed by atoms with Gasteiger partial charge in [-0.1, -0.05) is 48.0 Å². The van der Waals surface area contributed by atoms with Crippen LogP contribution in [-0.2, 0) is 12.0 Å². The zero-order valence-corrected chi connectivity index (χ0v) is 12.9. The number of hydrogen-bond donors (Lipinski definition) is 2. The lowest BCUT2D eigenvalue weighted by molar-refractivity contribution is 0.0515. The maximum atomic E-state index is 10.5. The molecule has 1 aliphatic rings. The van der Waals surface area contributed by atoms with Crippen molar-refractivity contribution >= 4 is 11.6 Å². The van der Waals surface area contributed by atoms with Crippen molar-refractivity contribution in [1.82, 2.24) is 5.32 Å². The molecule has 0 aromatic heterocycles. The van der Waals surface area contributed by atoms with Gasteiger partial charge in [-0.05, 0) is 55.1 Å². The summed E-state index contributed by atoms with van der Waals surface area (Å²) in [5.74, 6) is 0. The molecule has 3 heteroatoms. The monoisotopic (exact) mass is 301 g/mol. The van der Waals surface area contributed by atoms with E-state index in [1.165, 1.54) is 5.56 Å². The van der Waals surface area contributed by atoms with Gasteiger partial charge in [0.1, 0.15) is 0 Å². The Morgan fingerprint density at radius 2 is 2.00 bits per heavy atom. The third kappa shape index (κ3) is 3.13. The van der Waals surface area contributed by atoms with Crippen LogP contribution in [0.25, 0.3) is 0 Å². The highest BCUT2D eigenvalue weighted by molar-refractivity contribution is 6.30. The lowest BCUT2D eigenvalue weighted by Crippen LogP contribution is -2.24. The van der Waals surface area contributed by atoms with Gasteiger partial charge in [-0.2, -0.15) is 0 Å². The smallest absolute Gasteiger partial charge is 0.0889 e. The summed E-state index contributed by atoms with van der Waals surface area (Å²) in [7, 11) is 0. The molecule has 3 rings (SSSR count). The van der Waals surface area contributed by atoms with E-state index in [2.05, 4.69) is 29.6 Å². The standard InChI is InChI=1S/C18H20ClNO/c1-18(21)12-17(15-11-14(19)7-8-16(15)18)20-10-9-13-5-3-2-4-6-13/h2-8,11,17,20-21H,9-10,12H2,1H3. The molecule has 0 heterocycles. The molecule has 2 N–H and O–H groups in total. The van der Waals surface area contributed by atoms with E-state index in [-0.39, 0.29) is 6.04 Å². The molecule has 0 bridgehead atoms. The molecule has 0 fully saturated rings. The van der Waals surface area contributed by atoms with Crippen molar-refractivity contribution < 1.29 is 5.11 Å². The van der Waals surface area contributed by atoms with E-state index in [0.29, 0.717) is 6.42 Å². The topological polar surface area (TPSA) is 32.3 Å². The zero-order valence-electron chi connectivity index (χ0n) is 12.1. The second-order valence-corrected chi connectivity index (χ2v) is 6.39. The largest absolute Gasteiger partial charge is 0.385 e. The highest BCUT2D eigenvalue weighted by atomic mass is 35.5. The van der Waals surface area contributed by atoms with Gasteiger partial charge in [0.05, 0.1) is 5.60 Å². The summed E-state index contributed by atoms with van der Waals surface area (Å²) in [6.45, 7) is 2.76. The number of rotatable bonds is 4. The molecule has 21 heavy (non-hydrogen) atoms. The first kappa shape index (κ1) is 14.6. The third-order valence-corrected chi connectivity index (χ3v) is 4.45. The van der Waals surface area contributed by atoms with E-state index in [0.717, 1.165) is 29.1 Å². The maximum Gasteiger partial charge on any atom is 0.0889 e. The van der Waals surface area contributed by atoms with Crippen molar-refractivity contribution in [2.75, 3.05) is 6.54 Å². The average molecular weight is 302 g/mol. The Balaban J connectivity index is 1.69. The molecule has 2 aromatic carbocycles. The van der Waals surface area contributed by atoms with Gasteiger partial charge in [-0.3, -0.25) is 0 Å². The van der Waals surface area contributed by atoms with E-state index in [1.807, 2.05) is 31.2 Å². The fourth-order valence-corrected chi connectivity index (χ4v) is 3.33. The molecule has 110 valence electrons. The first-order chi connectivity index (χ1) is 10.1. The zero-order chi connectivity index (χ0) is 14.9. The second-order valence-electron chi connectivity index (χ2n) is 5.95. The van der Waals surface area contributed by atoms with E-state index in [1.54, 1.807) is 0 Å². The summed E-state index contributed by atoms with van der Waals surface area (Å²) >= 11 is 6.10. The number of benzene rings is 2. The van der Waals surface area contributed by atoms with E-state index in [9.17, 15) is 5.11 Å². The molecule has 2 unspecified atom stereocenters. The molecule has 0 radical (unpaired) electrons. The first-order valence-electron chi connectivity index (χ1n) is 7.36. The van der Waals surface area contributed by atoms with Gasteiger partial charge >= 0.3 is 0 Å². The van der Waals surface area contributed by atoms with Crippen LogP contribution in [0.3, 0.4) is 0 Å². The predicted molar refractivity (Wildman–Crippen MR) is 86.5 cm³/mol. The Hall–Kier alpha value is -1.35. The highest BCUT2D eigenvalue weighted by Crippen LogP contribution is 2.43. The number of fused-ring (bicyclic) bond motifs is 1. The van der Waals surface area contributed by atoms with Gasteiger partial charge in [-0.25, -0.2) is 0 Å². The van der Waals surface area contributed by atoms with Gasteiger partial charge in [-0.15, -0.1) is 0 Å². The summed E-state index contributed by atoms with van der Waals surface area (Å²) in [4.78, 5) is 0. The SMILES string of the molecule is CC1(O)CC(NCCc2ccccc2)c2cc(Cl)ccc21. The van der Waals surface area contributed by atoms with E-state index >= 15 is 0 Å². The van der Waals surface area contributed by atoms with Gasteiger partial charge in [0.25, 0.3) is 0 Å². The Morgan fingerprint density at radius 3 is 2.76 bits per heavy atom. The molecule has 2 aromatic rings. The van der Waals surface area contributed by atoms with E-state index in [4.69, 9.17) is 11.6 Å². The minimum atomic E-state index is -0.773. The molecule has 2 nitrogen and oxygen atoms in total. The molecular formula is C18H20ClNO. The normalized spacial score (nSPS) is 24.0. The van der Waals surface area contributed by atoms with Crippen LogP contribution in [0.15, 0.2) is 48.5 Å². The third-order valence-electron chi connectivity index (χ3n) is 4.22. The van der Waals surface area contributed by atoms with Crippen molar-refractivity contribution in [3.63, 3.8) is 0 Å². The van der Waals surface area contributed by atoms with Crippen molar-refractivity contribution in [1.29, 1.82) is 0 Å². The van der Waals surface area contributed by atoms with Crippen LogP contribution in [0.5, 0.6) is 0 Å².